The lowest BCUT2D eigenvalue weighted by atomic mass is 10.1. The number of carbonyl (C=O) groups excluding carboxylic acids is 1. The van der Waals surface area contributed by atoms with Crippen molar-refractivity contribution in [3.8, 4) is 5.69 Å². The fourth-order valence-corrected chi connectivity index (χ4v) is 3.02. The van der Waals surface area contributed by atoms with Crippen molar-refractivity contribution in [1.29, 1.82) is 0 Å². The number of carbonyl (C=O) groups is 1. The SMILES string of the molecule is O=C(Cc1ccc(Cl)cc1)Nc1cc2nn(-c3ccccc3)nc2cc1Cl. The fourth-order valence-electron chi connectivity index (χ4n) is 2.69. The Bertz CT molecular complexity index is 1110. The van der Waals surface area contributed by atoms with E-state index in [9.17, 15) is 4.79 Å². The van der Waals surface area contributed by atoms with Crippen LogP contribution in [0, 0.1) is 0 Å². The van der Waals surface area contributed by atoms with Gasteiger partial charge >= 0.3 is 0 Å². The van der Waals surface area contributed by atoms with Gasteiger partial charge in [0, 0.05) is 5.02 Å². The number of benzene rings is 3. The van der Waals surface area contributed by atoms with Crippen LogP contribution < -0.4 is 5.32 Å². The zero-order valence-electron chi connectivity index (χ0n) is 14.1. The van der Waals surface area contributed by atoms with Gasteiger partial charge in [0.1, 0.15) is 11.0 Å². The molecule has 0 saturated carbocycles. The maximum Gasteiger partial charge on any atom is 0.228 e. The van der Waals surface area contributed by atoms with Gasteiger partial charge in [-0.3, -0.25) is 4.79 Å². The predicted octanol–water partition coefficient (Wildman–Crippen LogP) is 4.91. The normalized spacial score (nSPS) is 10.9. The van der Waals surface area contributed by atoms with Crippen LogP contribution in [0.25, 0.3) is 16.7 Å². The van der Waals surface area contributed by atoms with Gasteiger partial charge in [-0.05, 0) is 42.0 Å². The molecule has 4 aromatic rings. The van der Waals surface area contributed by atoms with Crippen LogP contribution in [0.4, 0.5) is 5.69 Å². The van der Waals surface area contributed by atoms with Crippen LogP contribution in [-0.2, 0) is 11.2 Å². The van der Waals surface area contributed by atoms with E-state index in [1.165, 1.54) is 0 Å². The first-order chi connectivity index (χ1) is 13.1. The predicted molar refractivity (Wildman–Crippen MR) is 108 cm³/mol. The first-order valence-electron chi connectivity index (χ1n) is 8.25. The molecule has 0 saturated heterocycles. The number of halogens is 2. The minimum Gasteiger partial charge on any atom is -0.324 e. The Morgan fingerprint density at radius 1 is 0.926 bits per heavy atom. The second-order valence-electron chi connectivity index (χ2n) is 6.00. The number of hydrogen-bond donors (Lipinski definition) is 1. The molecule has 0 aliphatic heterocycles. The third-order valence-corrected chi connectivity index (χ3v) is 4.57. The Balaban J connectivity index is 1.57. The number of nitrogens with zero attached hydrogens (tertiary/aromatic N) is 3. The van der Waals surface area contributed by atoms with Crippen molar-refractivity contribution in [3.05, 3.63) is 82.3 Å². The third kappa shape index (κ3) is 3.94. The first-order valence-corrected chi connectivity index (χ1v) is 9.00. The molecule has 1 heterocycles. The van der Waals surface area contributed by atoms with E-state index < -0.39 is 0 Å². The molecule has 0 fully saturated rings. The van der Waals surface area contributed by atoms with Crippen LogP contribution in [-0.4, -0.2) is 20.9 Å². The second kappa shape index (κ2) is 7.39. The molecule has 1 N–H and O–H groups in total. The molecular formula is C20H14Cl2N4O. The van der Waals surface area contributed by atoms with Crippen LogP contribution in [0.3, 0.4) is 0 Å². The lowest BCUT2D eigenvalue weighted by molar-refractivity contribution is -0.115. The topological polar surface area (TPSA) is 59.8 Å². The fraction of sp³-hybridized carbons (Fsp3) is 0.0500. The monoisotopic (exact) mass is 396 g/mol. The number of hydrogen-bond acceptors (Lipinski definition) is 3. The van der Waals surface area contributed by atoms with Gasteiger partial charge in [0.25, 0.3) is 0 Å². The summed E-state index contributed by atoms with van der Waals surface area (Å²) in [7, 11) is 0. The van der Waals surface area contributed by atoms with Crippen LogP contribution in [0.2, 0.25) is 10.0 Å². The maximum absolute atomic E-state index is 12.3. The Labute approximate surface area is 165 Å². The standard InChI is InChI=1S/C20H14Cl2N4O/c21-14-8-6-13(7-9-14)10-20(27)23-17-12-19-18(11-16(17)22)24-26(25-19)15-4-2-1-3-5-15/h1-9,11-12H,10H2,(H,23,27). The lowest BCUT2D eigenvalue weighted by Crippen LogP contribution is -2.14. The van der Waals surface area contributed by atoms with E-state index >= 15 is 0 Å². The van der Waals surface area contributed by atoms with E-state index in [0.717, 1.165) is 11.3 Å². The van der Waals surface area contributed by atoms with E-state index in [2.05, 4.69) is 15.5 Å². The number of aromatic nitrogens is 3. The van der Waals surface area contributed by atoms with E-state index in [-0.39, 0.29) is 12.3 Å². The number of nitrogens with one attached hydrogen (secondary N) is 1. The Kier molecular flexibility index (Phi) is 4.79. The number of fused-ring (bicyclic) bond motifs is 1. The first kappa shape index (κ1) is 17.5. The van der Waals surface area contributed by atoms with Crippen molar-refractivity contribution >= 4 is 45.8 Å². The largest absolute Gasteiger partial charge is 0.324 e. The summed E-state index contributed by atoms with van der Waals surface area (Å²) in [4.78, 5) is 13.9. The average Bonchev–Trinajstić information content (AvgIpc) is 3.07. The van der Waals surface area contributed by atoms with Crippen molar-refractivity contribution in [2.75, 3.05) is 5.32 Å². The Hall–Kier alpha value is -2.89. The van der Waals surface area contributed by atoms with E-state index in [1.807, 2.05) is 42.5 Å². The van der Waals surface area contributed by atoms with E-state index in [0.29, 0.717) is 26.8 Å². The van der Waals surface area contributed by atoms with Gasteiger partial charge in [-0.15, -0.1) is 10.2 Å². The van der Waals surface area contributed by atoms with Crippen molar-refractivity contribution in [2.24, 2.45) is 0 Å². The molecular weight excluding hydrogens is 383 g/mol. The van der Waals surface area contributed by atoms with Gasteiger partial charge in [-0.25, -0.2) is 0 Å². The summed E-state index contributed by atoms with van der Waals surface area (Å²) in [6.45, 7) is 0. The highest BCUT2D eigenvalue weighted by molar-refractivity contribution is 6.34. The third-order valence-electron chi connectivity index (χ3n) is 4.01. The summed E-state index contributed by atoms with van der Waals surface area (Å²) in [6.07, 6.45) is 0.224. The summed E-state index contributed by atoms with van der Waals surface area (Å²) in [5, 5.41) is 12.8. The number of amides is 1. The van der Waals surface area contributed by atoms with E-state index in [4.69, 9.17) is 23.2 Å². The van der Waals surface area contributed by atoms with Crippen LogP contribution >= 0.6 is 23.2 Å². The van der Waals surface area contributed by atoms with Crippen molar-refractivity contribution in [1.82, 2.24) is 15.0 Å². The molecule has 4 rings (SSSR count). The van der Waals surface area contributed by atoms with Gasteiger partial charge in [0.2, 0.25) is 5.91 Å². The smallest absolute Gasteiger partial charge is 0.228 e. The minimum absolute atomic E-state index is 0.172. The molecule has 0 radical (unpaired) electrons. The van der Waals surface area contributed by atoms with Crippen molar-refractivity contribution < 1.29 is 4.79 Å². The zero-order chi connectivity index (χ0) is 18.8. The highest BCUT2D eigenvalue weighted by atomic mass is 35.5. The van der Waals surface area contributed by atoms with Gasteiger partial charge in [0.15, 0.2) is 0 Å². The van der Waals surface area contributed by atoms with Crippen LogP contribution in [0.5, 0.6) is 0 Å². The highest BCUT2D eigenvalue weighted by Gasteiger charge is 2.12. The van der Waals surface area contributed by atoms with Crippen LogP contribution in [0.15, 0.2) is 66.7 Å². The van der Waals surface area contributed by atoms with Gasteiger partial charge < -0.3 is 5.32 Å². The zero-order valence-corrected chi connectivity index (χ0v) is 15.6. The summed E-state index contributed by atoms with van der Waals surface area (Å²) in [5.74, 6) is -0.172. The number of rotatable bonds is 4. The summed E-state index contributed by atoms with van der Waals surface area (Å²) in [6, 6.07) is 20.2. The van der Waals surface area contributed by atoms with Crippen molar-refractivity contribution in [3.63, 3.8) is 0 Å². The van der Waals surface area contributed by atoms with Crippen LogP contribution in [0.1, 0.15) is 5.56 Å². The molecule has 134 valence electrons. The molecule has 7 heteroatoms. The molecule has 1 aromatic heterocycles. The summed E-state index contributed by atoms with van der Waals surface area (Å²) >= 11 is 12.2. The van der Waals surface area contributed by atoms with Crippen molar-refractivity contribution in [2.45, 2.75) is 6.42 Å². The Morgan fingerprint density at radius 2 is 1.59 bits per heavy atom. The molecule has 3 aromatic carbocycles. The van der Waals surface area contributed by atoms with Gasteiger partial charge in [0.05, 0.1) is 22.8 Å². The Morgan fingerprint density at radius 3 is 2.30 bits per heavy atom. The second-order valence-corrected chi connectivity index (χ2v) is 6.84. The minimum atomic E-state index is -0.172. The van der Waals surface area contributed by atoms with E-state index in [1.54, 1.807) is 29.1 Å². The maximum atomic E-state index is 12.3. The summed E-state index contributed by atoms with van der Waals surface area (Å²) < 4.78 is 0. The number of para-hydroxylation sites is 1. The molecule has 1 amide bonds. The molecule has 0 spiro atoms. The molecule has 0 aliphatic carbocycles. The molecule has 0 atom stereocenters. The quantitative estimate of drug-likeness (QED) is 0.533. The average molecular weight is 397 g/mol. The lowest BCUT2D eigenvalue weighted by Gasteiger charge is -2.07. The van der Waals surface area contributed by atoms with Gasteiger partial charge in [-0.1, -0.05) is 53.5 Å². The highest BCUT2D eigenvalue weighted by Crippen LogP contribution is 2.27. The number of anilines is 1. The molecule has 0 unspecified atom stereocenters. The molecule has 27 heavy (non-hydrogen) atoms. The molecule has 5 nitrogen and oxygen atoms in total. The van der Waals surface area contributed by atoms with Gasteiger partial charge in [-0.2, -0.15) is 4.80 Å². The molecule has 0 aliphatic rings. The molecule has 0 bridgehead atoms. The summed E-state index contributed by atoms with van der Waals surface area (Å²) in [5.41, 5.74) is 3.51.